The van der Waals surface area contributed by atoms with E-state index in [0.717, 1.165) is 24.2 Å². The van der Waals surface area contributed by atoms with Gasteiger partial charge < -0.3 is 19.6 Å². The van der Waals surface area contributed by atoms with Gasteiger partial charge in [-0.25, -0.2) is 0 Å². The van der Waals surface area contributed by atoms with Gasteiger partial charge in [-0.1, -0.05) is 18.6 Å². The van der Waals surface area contributed by atoms with Gasteiger partial charge in [0, 0.05) is 32.1 Å². The van der Waals surface area contributed by atoms with Gasteiger partial charge in [-0.05, 0) is 37.0 Å². The maximum atomic E-state index is 12.8. The van der Waals surface area contributed by atoms with Crippen molar-refractivity contribution in [3.8, 4) is 5.75 Å². The van der Waals surface area contributed by atoms with Crippen molar-refractivity contribution in [1.29, 1.82) is 0 Å². The maximum Gasteiger partial charge on any atom is 0.306 e. The molecule has 0 aromatic heterocycles. The highest BCUT2D eigenvalue weighted by Crippen LogP contribution is 2.30. The van der Waals surface area contributed by atoms with Crippen molar-refractivity contribution in [3.63, 3.8) is 0 Å². The summed E-state index contributed by atoms with van der Waals surface area (Å²) in [6.45, 7) is 2.06. The van der Waals surface area contributed by atoms with Crippen LogP contribution in [0.15, 0.2) is 24.3 Å². The van der Waals surface area contributed by atoms with E-state index in [-0.39, 0.29) is 17.7 Å². The predicted octanol–water partition coefficient (Wildman–Crippen LogP) is 1.80. The summed E-state index contributed by atoms with van der Waals surface area (Å²) in [6, 6.07) is 7.48. The molecule has 1 aromatic carbocycles. The summed E-state index contributed by atoms with van der Waals surface area (Å²) in [6.07, 6.45) is 2.95. The number of rotatable bonds is 5. The second kappa shape index (κ2) is 9.08. The Bertz CT molecular complexity index is 727. The fraction of sp³-hybridized carbons (Fsp3) is 0.571. The van der Waals surface area contributed by atoms with Crippen molar-refractivity contribution < 1.29 is 24.2 Å². The molecule has 1 aromatic rings. The molecule has 7 nitrogen and oxygen atoms in total. The van der Waals surface area contributed by atoms with E-state index in [1.807, 2.05) is 24.3 Å². The SMILES string of the molecule is COc1cccc(CC(=O)N2CCN(C(=O)C3CCCC(C(=O)O)C3)CC2)c1. The van der Waals surface area contributed by atoms with E-state index >= 15 is 0 Å². The molecule has 0 bridgehead atoms. The van der Waals surface area contributed by atoms with Crippen molar-refractivity contribution in [1.82, 2.24) is 9.80 Å². The Kier molecular flexibility index (Phi) is 6.54. The summed E-state index contributed by atoms with van der Waals surface area (Å²) < 4.78 is 5.20. The van der Waals surface area contributed by atoms with Crippen LogP contribution in [0.3, 0.4) is 0 Å². The van der Waals surface area contributed by atoms with E-state index in [0.29, 0.717) is 45.4 Å². The zero-order valence-corrected chi connectivity index (χ0v) is 16.3. The summed E-state index contributed by atoms with van der Waals surface area (Å²) in [5.74, 6) is -0.588. The Morgan fingerprint density at radius 1 is 1.07 bits per heavy atom. The van der Waals surface area contributed by atoms with Crippen LogP contribution in [0.5, 0.6) is 5.75 Å². The van der Waals surface area contributed by atoms with E-state index in [2.05, 4.69) is 0 Å². The summed E-state index contributed by atoms with van der Waals surface area (Å²) in [5, 5.41) is 9.22. The number of carbonyl (C=O) groups excluding carboxylic acids is 2. The highest BCUT2D eigenvalue weighted by atomic mass is 16.5. The fourth-order valence-corrected chi connectivity index (χ4v) is 4.14. The number of methoxy groups -OCH3 is 1. The van der Waals surface area contributed by atoms with Crippen LogP contribution in [0.1, 0.15) is 31.2 Å². The number of hydrogen-bond acceptors (Lipinski definition) is 4. The fourth-order valence-electron chi connectivity index (χ4n) is 4.14. The number of carbonyl (C=O) groups is 3. The molecular formula is C21H28N2O5. The number of carboxylic acid groups (broad SMARTS) is 1. The van der Waals surface area contributed by atoms with Gasteiger partial charge >= 0.3 is 5.97 Å². The summed E-state index contributed by atoms with van der Waals surface area (Å²) >= 11 is 0. The van der Waals surface area contributed by atoms with Crippen LogP contribution in [0.25, 0.3) is 0 Å². The monoisotopic (exact) mass is 388 g/mol. The van der Waals surface area contributed by atoms with E-state index < -0.39 is 11.9 Å². The number of hydrogen-bond donors (Lipinski definition) is 1. The summed E-state index contributed by atoms with van der Waals surface area (Å²) in [5.41, 5.74) is 0.907. The minimum absolute atomic E-state index is 0.0453. The molecular weight excluding hydrogens is 360 g/mol. The number of amides is 2. The predicted molar refractivity (Wildman–Crippen MR) is 103 cm³/mol. The lowest BCUT2D eigenvalue weighted by Gasteiger charge is -2.37. The van der Waals surface area contributed by atoms with Gasteiger partial charge in [-0.15, -0.1) is 0 Å². The molecule has 7 heteroatoms. The van der Waals surface area contributed by atoms with Crippen LogP contribution in [-0.2, 0) is 20.8 Å². The molecule has 1 aliphatic heterocycles. The second-order valence-electron chi connectivity index (χ2n) is 7.63. The molecule has 0 radical (unpaired) electrons. The Balaban J connectivity index is 1.50. The maximum absolute atomic E-state index is 12.8. The summed E-state index contributed by atoms with van der Waals surface area (Å²) in [4.78, 5) is 40.2. The van der Waals surface area contributed by atoms with Crippen molar-refractivity contribution >= 4 is 17.8 Å². The van der Waals surface area contributed by atoms with Crippen LogP contribution in [0, 0.1) is 11.8 Å². The molecule has 2 amide bonds. The van der Waals surface area contributed by atoms with Crippen LogP contribution in [0.4, 0.5) is 0 Å². The van der Waals surface area contributed by atoms with Crippen LogP contribution in [-0.4, -0.2) is 66.0 Å². The number of carboxylic acids is 1. The molecule has 2 atom stereocenters. The molecule has 1 saturated heterocycles. The van der Waals surface area contributed by atoms with E-state index in [1.54, 1.807) is 16.9 Å². The molecule has 1 saturated carbocycles. The lowest BCUT2D eigenvalue weighted by Crippen LogP contribution is -2.52. The lowest BCUT2D eigenvalue weighted by molar-refractivity contribution is -0.147. The average Bonchev–Trinajstić information content (AvgIpc) is 2.73. The molecule has 2 fully saturated rings. The topological polar surface area (TPSA) is 87.2 Å². The highest BCUT2D eigenvalue weighted by molar-refractivity contribution is 5.82. The molecule has 1 aliphatic carbocycles. The standard InChI is InChI=1S/C21H28N2O5/c1-28-18-7-2-4-15(12-18)13-19(24)22-8-10-23(11-9-22)20(25)16-5-3-6-17(14-16)21(26)27/h2,4,7,12,16-17H,3,5-6,8-11,13-14H2,1H3,(H,26,27). The first-order chi connectivity index (χ1) is 13.5. The first-order valence-corrected chi connectivity index (χ1v) is 9.90. The van der Waals surface area contributed by atoms with E-state index in [1.165, 1.54) is 0 Å². The van der Waals surface area contributed by atoms with Gasteiger partial charge in [0.2, 0.25) is 11.8 Å². The molecule has 28 heavy (non-hydrogen) atoms. The zero-order valence-electron chi connectivity index (χ0n) is 16.3. The molecule has 152 valence electrons. The van der Waals surface area contributed by atoms with Crippen molar-refractivity contribution in [2.24, 2.45) is 11.8 Å². The second-order valence-corrected chi connectivity index (χ2v) is 7.63. The minimum atomic E-state index is -0.801. The molecule has 1 N–H and O–H groups in total. The molecule has 3 rings (SSSR count). The van der Waals surface area contributed by atoms with Gasteiger partial charge in [-0.2, -0.15) is 0 Å². The molecule has 1 heterocycles. The number of aliphatic carboxylic acids is 1. The van der Waals surface area contributed by atoms with Gasteiger partial charge in [0.15, 0.2) is 0 Å². The Hall–Kier alpha value is -2.57. The minimum Gasteiger partial charge on any atom is -0.497 e. The van der Waals surface area contributed by atoms with Gasteiger partial charge in [0.1, 0.15) is 5.75 Å². The Labute approximate surface area is 165 Å². The normalized spacial score (nSPS) is 22.6. The Morgan fingerprint density at radius 2 is 1.75 bits per heavy atom. The van der Waals surface area contributed by atoms with Crippen LogP contribution >= 0.6 is 0 Å². The third-order valence-electron chi connectivity index (χ3n) is 5.81. The van der Waals surface area contributed by atoms with Crippen molar-refractivity contribution in [2.45, 2.75) is 32.1 Å². The van der Waals surface area contributed by atoms with Gasteiger partial charge in [0.05, 0.1) is 19.4 Å². The third-order valence-corrected chi connectivity index (χ3v) is 5.81. The van der Waals surface area contributed by atoms with Crippen LogP contribution in [0.2, 0.25) is 0 Å². The lowest BCUT2D eigenvalue weighted by atomic mass is 9.80. The molecule has 2 aliphatic rings. The van der Waals surface area contributed by atoms with Crippen molar-refractivity contribution in [3.05, 3.63) is 29.8 Å². The number of ether oxygens (including phenoxy) is 1. The average molecular weight is 388 g/mol. The van der Waals surface area contributed by atoms with E-state index in [9.17, 15) is 19.5 Å². The van der Waals surface area contributed by atoms with Gasteiger partial charge in [0.25, 0.3) is 0 Å². The number of benzene rings is 1. The first kappa shape index (κ1) is 20.2. The molecule has 0 spiro atoms. The highest BCUT2D eigenvalue weighted by Gasteiger charge is 2.34. The first-order valence-electron chi connectivity index (χ1n) is 9.90. The van der Waals surface area contributed by atoms with Crippen molar-refractivity contribution in [2.75, 3.05) is 33.3 Å². The summed E-state index contributed by atoms with van der Waals surface area (Å²) in [7, 11) is 1.60. The zero-order chi connectivity index (χ0) is 20.1. The van der Waals surface area contributed by atoms with Gasteiger partial charge in [-0.3, -0.25) is 14.4 Å². The number of piperazine rings is 1. The smallest absolute Gasteiger partial charge is 0.306 e. The third kappa shape index (κ3) is 4.82. The molecule has 2 unspecified atom stereocenters. The van der Waals surface area contributed by atoms with Crippen LogP contribution < -0.4 is 4.74 Å². The quantitative estimate of drug-likeness (QED) is 0.831. The van der Waals surface area contributed by atoms with E-state index in [4.69, 9.17) is 4.74 Å². The number of nitrogens with zero attached hydrogens (tertiary/aromatic N) is 2. The Morgan fingerprint density at radius 3 is 2.43 bits per heavy atom. The largest absolute Gasteiger partial charge is 0.497 e.